The van der Waals surface area contributed by atoms with Crippen molar-refractivity contribution < 1.29 is 0 Å². The second kappa shape index (κ2) is 7.26. The van der Waals surface area contributed by atoms with Crippen molar-refractivity contribution in [3.05, 3.63) is 0 Å². The van der Waals surface area contributed by atoms with Crippen LogP contribution in [0.5, 0.6) is 0 Å². The molecule has 0 bridgehead atoms. The third-order valence-corrected chi connectivity index (χ3v) is 2.00. The first-order valence-corrected chi connectivity index (χ1v) is 4.82. The van der Waals surface area contributed by atoms with Gasteiger partial charge < -0.3 is 16.0 Å². The molecule has 0 fully saturated rings. The Morgan fingerprint density at radius 3 is 2.23 bits per heavy atom. The van der Waals surface area contributed by atoms with Crippen molar-refractivity contribution in [2.24, 2.45) is 5.73 Å². The van der Waals surface area contributed by atoms with E-state index in [4.69, 9.17) is 5.73 Å². The van der Waals surface area contributed by atoms with Gasteiger partial charge in [-0.1, -0.05) is 0 Å². The van der Waals surface area contributed by atoms with E-state index in [0.29, 0.717) is 6.17 Å². The summed E-state index contributed by atoms with van der Waals surface area (Å²) >= 11 is 0. The zero-order valence-corrected chi connectivity index (χ0v) is 9.38. The van der Waals surface area contributed by atoms with Gasteiger partial charge in [-0.3, -0.25) is 4.90 Å². The quantitative estimate of drug-likeness (QED) is 0.522. The fraction of sp³-hybridized carbons (Fsp3) is 1.00. The SMILES string of the molecule is CN(C)CCNC(CCN)N(C)C. The van der Waals surface area contributed by atoms with E-state index >= 15 is 0 Å². The summed E-state index contributed by atoms with van der Waals surface area (Å²) in [5.74, 6) is 0. The minimum Gasteiger partial charge on any atom is -0.330 e. The van der Waals surface area contributed by atoms with Gasteiger partial charge in [-0.05, 0) is 41.2 Å². The Hall–Kier alpha value is -0.160. The summed E-state index contributed by atoms with van der Waals surface area (Å²) in [6.45, 7) is 2.81. The van der Waals surface area contributed by atoms with Crippen molar-refractivity contribution in [2.75, 3.05) is 47.8 Å². The van der Waals surface area contributed by atoms with Crippen molar-refractivity contribution in [3.63, 3.8) is 0 Å². The zero-order valence-electron chi connectivity index (χ0n) is 9.38. The van der Waals surface area contributed by atoms with Crippen LogP contribution in [0.15, 0.2) is 0 Å². The molecule has 0 aromatic heterocycles. The molecule has 0 saturated heterocycles. The Kier molecular flexibility index (Phi) is 7.17. The van der Waals surface area contributed by atoms with Crippen LogP contribution in [0.4, 0.5) is 0 Å². The van der Waals surface area contributed by atoms with Crippen LogP contribution in [0.25, 0.3) is 0 Å². The van der Waals surface area contributed by atoms with E-state index in [1.165, 1.54) is 0 Å². The molecule has 0 aliphatic heterocycles. The number of nitrogens with zero attached hydrogens (tertiary/aromatic N) is 2. The largest absolute Gasteiger partial charge is 0.330 e. The summed E-state index contributed by atoms with van der Waals surface area (Å²) in [6.07, 6.45) is 1.41. The maximum absolute atomic E-state index is 5.52. The van der Waals surface area contributed by atoms with Gasteiger partial charge in [0.25, 0.3) is 0 Å². The third kappa shape index (κ3) is 6.95. The molecule has 0 aliphatic carbocycles. The molecule has 13 heavy (non-hydrogen) atoms. The average Bonchev–Trinajstić information content (AvgIpc) is 2.02. The Morgan fingerprint density at radius 1 is 1.23 bits per heavy atom. The van der Waals surface area contributed by atoms with Crippen LogP contribution < -0.4 is 11.1 Å². The van der Waals surface area contributed by atoms with Gasteiger partial charge in [-0.25, -0.2) is 0 Å². The maximum atomic E-state index is 5.52. The van der Waals surface area contributed by atoms with E-state index in [1.54, 1.807) is 0 Å². The third-order valence-electron chi connectivity index (χ3n) is 2.00. The summed E-state index contributed by atoms with van der Waals surface area (Å²) < 4.78 is 0. The molecule has 0 aromatic rings. The van der Waals surface area contributed by atoms with Gasteiger partial charge in [-0.2, -0.15) is 0 Å². The lowest BCUT2D eigenvalue weighted by molar-refractivity contribution is 0.228. The summed E-state index contributed by atoms with van der Waals surface area (Å²) in [7, 11) is 8.30. The first-order valence-electron chi connectivity index (χ1n) is 4.82. The van der Waals surface area contributed by atoms with Crippen LogP contribution in [0.1, 0.15) is 6.42 Å². The van der Waals surface area contributed by atoms with Gasteiger partial charge in [0.05, 0.1) is 6.17 Å². The first-order chi connectivity index (χ1) is 6.07. The molecule has 0 aromatic carbocycles. The number of nitrogens with one attached hydrogen (secondary N) is 1. The molecule has 0 aliphatic rings. The fourth-order valence-electron chi connectivity index (χ4n) is 1.16. The van der Waals surface area contributed by atoms with Crippen LogP contribution in [0, 0.1) is 0 Å². The van der Waals surface area contributed by atoms with Crippen molar-refractivity contribution in [1.29, 1.82) is 0 Å². The van der Waals surface area contributed by atoms with Crippen LogP contribution >= 0.6 is 0 Å². The second-order valence-electron chi connectivity index (χ2n) is 3.81. The predicted octanol–water partition coefficient (Wildman–Crippen LogP) is -0.626. The lowest BCUT2D eigenvalue weighted by Gasteiger charge is -2.25. The molecule has 0 radical (unpaired) electrons. The molecule has 4 heteroatoms. The molecule has 80 valence electrons. The number of rotatable bonds is 7. The minimum atomic E-state index is 0.407. The Labute approximate surface area is 82.1 Å². The summed E-state index contributed by atoms with van der Waals surface area (Å²) in [5.41, 5.74) is 5.52. The standard InChI is InChI=1S/C9H24N4/c1-12(2)8-7-11-9(5-6-10)13(3)4/h9,11H,5-8,10H2,1-4H3. The fourth-order valence-corrected chi connectivity index (χ4v) is 1.16. The van der Waals surface area contributed by atoms with Gasteiger partial charge >= 0.3 is 0 Å². The van der Waals surface area contributed by atoms with E-state index in [0.717, 1.165) is 26.1 Å². The molecule has 0 saturated carbocycles. The average molecular weight is 188 g/mol. The molecule has 0 rings (SSSR count). The van der Waals surface area contributed by atoms with Crippen LogP contribution in [0.2, 0.25) is 0 Å². The molecule has 3 N–H and O–H groups in total. The van der Waals surface area contributed by atoms with Gasteiger partial charge in [0.15, 0.2) is 0 Å². The Balaban J connectivity index is 3.57. The van der Waals surface area contributed by atoms with Gasteiger partial charge in [-0.15, -0.1) is 0 Å². The Morgan fingerprint density at radius 2 is 1.85 bits per heavy atom. The highest BCUT2D eigenvalue weighted by Gasteiger charge is 2.08. The minimum absolute atomic E-state index is 0.407. The molecule has 0 amide bonds. The first kappa shape index (κ1) is 12.8. The molecular weight excluding hydrogens is 164 g/mol. The van der Waals surface area contributed by atoms with Crippen LogP contribution in [-0.4, -0.2) is 63.8 Å². The van der Waals surface area contributed by atoms with Gasteiger partial charge in [0.1, 0.15) is 0 Å². The zero-order chi connectivity index (χ0) is 10.3. The lowest BCUT2D eigenvalue weighted by Crippen LogP contribution is -2.45. The lowest BCUT2D eigenvalue weighted by atomic mass is 10.3. The van der Waals surface area contributed by atoms with Crippen molar-refractivity contribution in [2.45, 2.75) is 12.6 Å². The highest BCUT2D eigenvalue weighted by molar-refractivity contribution is 4.64. The van der Waals surface area contributed by atoms with E-state index in [-0.39, 0.29) is 0 Å². The number of likely N-dealkylation sites (N-methyl/N-ethyl adjacent to an activating group) is 1. The van der Waals surface area contributed by atoms with Gasteiger partial charge in [0.2, 0.25) is 0 Å². The van der Waals surface area contributed by atoms with E-state index in [2.05, 4.69) is 43.3 Å². The molecule has 1 atom stereocenters. The highest BCUT2D eigenvalue weighted by Crippen LogP contribution is 1.92. The maximum Gasteiger partial charge on any atom is 0.0604 e. The van der Waals surface area contributed by atoms with E-state index in [1.807, 2.05) is 0 Å². The number of hydrogen-bond acceptors (Lipinski definition) is 4. The molecular formula is C9H24N4. The van der Waals surface area contributed by atoms with Crippen LogP contribution in [-0.2, 0) is 0 Å². The van der Waals surface area contributed by atoms with Crippen molar-refractivity contribution in [1.82, 2.24) is 15.1 Å². The highest BCUT2D eigenvalue weighted by atomic mass is 15.2. The molecule has 1 unspecified atom stereocenters. The topological polar surface area (TPSA) is 44.5 Å². The smallest absolute Gasteiger partial charge is 0.0604 e. The number of nitrogens with two attached hydrogens (primary N) is 1. The van der Waals surface area contributed by atoms with E-state index in [9.17, 15) is 0 Å². The summed E-state index contributed by atoms with van der Waals surface area (Å²) in [6, 6.07) is 0. The molecule has 0 heterocycles. The van der Waals surface area contributed by atoms with Crippen molar-refractivity contribution in [3.8, 4) is 0 Å². The van der Waals surface area contributed by atoms with Crippen LogP contribution in [0.3, 0.4) is 0 Å². The molecule has 4 nitrogen and oxygen atoms in total. The summed E-state index contributed by atoms with van der Waals surface area (Å²) in [4.78, 5) is 4.34. The Bertz CT molecular complexity index is 114. The predicted molar refractivity (Wildman–Crippen MR) is 57.7 cm³/mol. The summed E-state index contributed by atoms with van der Waals surface area (Å²) in [5, 5.41) is 3.46. The van der Waals surface area contributed by atoms with Crippen molar-refractivity contribution >= 4 is 0 Å². The van der Waals surface area contributed by atoms with Gasteiger partial charge in [0, 0.05) is 13.1 Å². The number of hydrogen-bond donors (Lipinski definition) is 2. The monoisotopic (exact) mass is 188 g/mol. The second-order valence-corrected chi connectivity index (χ2v) is 3.81. The van der Waals surface area contributed by atoms with E-state index < -0.39 is 0 Å². The normalized spacial score (nSPS) is 14.1. The molecule has 0 spiro atoms.